The molecule has 0 spiro atoms. The number of amides is 14. The number of para-hydroxylation sites is 1. The van der Waals surface area contributed by atoms with Gasteiger partial charge in [-0.1, -0.05) is 56.3 Å². The predicted octanol–water partition coefficient (Wildman–Crippen LogP) is -3.38. The third kappa shape index (κ3) is 28.2. The fraction of sp³-hybridized carbons (Fsp3) is 0.492. The Morgan fingerprint density at radius 3 is 1.80 bits per heavy atom. The van der Waals surface area contributed by atoms with E-state index >= 15 is 0 Å². The molecular weight excluding hydrogens is 1370 g/mol. The number of halogens is 1. The molecule has 100 heavy (non-hydrogen) atoms. The van der Waals surface area contributed by atoms with E-state index in [1.54, 1.807) is 44.3 Å². The number of primary amides is 2. The number of hydrogen-bond acceptors (Lipinski definition) is 19. The second kappa shape index (κ2) is 41.6. The van der Waals surface area contributed by atoms with Crippen LogP contribution in [0.5, 0.6) is 0 Å². The first-order valence-electron chi connectivity index (χ1n) is 31.7. The van der Waals surface area contributed by atoms with Gasteiger partial charge in [0.05, 0.1) is 13.0 Å². The summed E-state index contributed by atoms with van der Waals surface area (Å²) in [6.07, 6.45) is -0.553. The number of fused-ring (bicyclic) bond motifs is 1. The highest BCUT2D eigenvalue weighted by Crippen LogP contribution is 2.20. The molecule has 1 aromatic heterocycles. The van der Waals surface area contributed by atoms with Crippen LogP contribution in [-0.2, 0) is 89.6 Å². The molecule has 1 aliphatic rings. The summed E-state index contributed by atoms with van der Waals surface area (Å²) < 4.78 is 13.9. The van der Waals surface area contributed by atoms with Crippen LogP contribution in [0.4, 0.5) is 4.39 Å². The number of carbonyl (C=O) groups excluding carboxylic acids is 14. The summed E-state index contributed by atoms with van der Waals surface area (Å²) >= 11 is 12.4. The molecule has 1 aliphatic heterocycles. The third-order valence-electron chi connectivity index (χ3n) is 15.3. The Hall–Kier alpha value is -9.78. The molecule has 0 aliphatic carbocycles. The number of carboxylic acid groups (broad SMARTS) is 2. The topological polar surface area (TPSA) is 526 Å². The fourth-order valence-electron chi connectivity index (χ4n) is 10.1. The van der Waals surface area contributed by atoms with E-state index in [-0.39, 0.29) is 56.5 Å². The number of aliphatic carboxylic acids is 2. The number of rotatable bonds is 29. The van der Waals surface area contributed by atoms with Crippen LogP contribution in [0.15, 0.2) is 66.9 Å². The summed E-state index contributed by atoms with van der Waals surface area (Å²) in [4.78, 5) is 219. The quantitative estimate of drug-likeness (QED) is 0.0238. The number of thiol groups is 3. The van der Waals surface area contributed by atoms with Gasteiger partial charge in [0.15, 0.2) is 0 Å². The number of allylic oxidation sites excluding steroid dienone is 2. The van der Waals surface area contributed by atoms with Crippen LogP contribution in [-0.4, -0.2) is 200 Å². The minimum atomic E-state index is -2.06. The molecule has 546 valence electrons. The van der Waals surface area contributed by atoms with Gasteiger partial charge in [0.1, 0.15) is 72.3 Å². The van der Waals surface area contributed by atoms with Gasteiger partial charge < -0.3 is 90.5 Å². The summed E-state index contributed by atoms with van der Waals surface area (Å²) in [7, 11) is 0. The van der Waals surface area contributed by atoms with Gasteiger partial charge in [0.2, 0.25) is 82.7 Å². The summed E-state index contributed by atoms with van der Waals surface area (Å²) in [6, 6.07) is -6.00. The Morgan fingerprint density at radius 1 is 0.620 bits per heavy atom. The first-order chi connectivity index (χ1) is 47.3. The molecule has 2 heterocycles. The van der Waals surface area contributed by atoms with Crippen molar-refractivity contribution < 1.29 is 91.3 Å². The highest BCUT2D eigenvalue weighted by atomic mass is 32.1. The molecule has 37 heteroatoms. The van der Waals surface area contributed by atoms with Crippen molar-refractivity contribution in [2.24, 2.45) is 17.4 Å². The Balaban J connectivity index is 1.86. The van der Waals surface area contributed by atoms with E-state index in [0.717, 1.165) is 19.1 Å². The summed E-state index contributed by atoms with van der Waals surface area (Å²) in [6.45, 7) is 3.56. The number of hydrogen-bond donors (Lipinski definition) is 20. The average molecular weight is 1460 g/mol. The number of benzene rings is 2. The number of H-pyrrole nitrogens is 1. The molecule has 2 aromatic carbocycles. The lowest BCUT2D eigenvalue weighted by molar-refractivity contribution is -0.141. The van der Waals surface area contributed by atoms with Crippen molar-refractivity contribution in [2.75, 3.05) is 23.8 Å². The van der Waals surface area contributed by atoms with E-state index < -0.39 is 217 Å². The summed E-state index contributed by atoms with van der Waals surface area (Å²) in [5, 5.41) is 49.5. The van der Waals surface area contributed by atoms with Crippen LogP contribution in [0.1, 0.15) is 96.1 Å². The second-order valence-corrected chi connectivity index (χ2v) is 24.9. The van der Waals surface area contributed by atoms with Gasteiger partial charge in [-0.3, -0.25) is 76.7 Å². The molecule has 0 saturated heterocycles. The largest absolute Gasteiger partial charge is 0.481 e. The van der Waals surface area contributed by atoms with Gasteiger partial charge in [-0.05, 0) is 80.2 Å². The zero-order chi connectivity index (χ0) is 74.3. The lowest BCUT2D eigenvalue weighted by Gasteiger charge is -2.28. The molecule has 0 saturated carbocycles. The first kappa shape index (κ1) is 82.6. The van der Waals surface area contributed by atoms with Crippen molar-refractivity contribution in [3.05, 3.63) is 83.8 Å². The van der Waals surface area contributed by atoms with Crippen molar-refractivity contribution in [1.82, 2.24) is 68.8 Å². The van der Waals surface area contributed by atoms with E-state index in [2.05, 4.69) is 107 Å². The molecule has 14 amide bonds. The lowest BCUT2D eigenvalue weighted by Crippen LogP contribution is -2.61. The smallest absolute Gasteiger partial charge is 0.305 e. The number of nitrogens with two attached hydrogens (primary N) is 2. The Labute approximate surface area is 590 Å². The molecule has 0 unspecified atom stereocenters. The lowest BCUT2D eigenvalue weighted by atomic mass is 10.0. The standard InChI is InChI=1S/C63H86FN15O18S3/c1-31(2)22-42-58(92)73-41(19-21-51(83)84)57(91)77-45(25-52(85)86)61(95)79-48(30-100)63(97)76-44(24-34-26-67-37-11-9-8-10-36(34)37)60(94)71-38(54(88)68-27-50(82)70-43(23-33-14-16-35(64)17-15-33)59(93)78-46(28-98)53(66)87)12-6-4-5-7-13-39(55(89)75-42)72-56(90)40(18-20-49(65)81)74-62(96)47(29-99)69-32(3)80/h4-5,8-11,14-17,26,31,38-48,67,98-100H,6-7,12-13,18-25,27-30H2,1-3H3,(H2,65,81)(H2,66,87)(H,68,88)(H,69,80)(H,70,82)(H,71,94)(H,72,90)(H,73,92)(H,74,96)(H,75,89)(H,76,97)(H,77,91)(H,78,93)(H,79,95)(H,83,84)(H,85,86)/t38-,39-,40-,41-,42-,43-,44-,45-,46-,47-,48-/m0/s1. The van der Waals surface area contributed by atoms with Crippen LogP contribution in [0, 0.1) is 11.7 Å². The number of carbonyl (C=O) groups is 16. The Kier molecular flexibility index (Phi) is 34.4. The van der Waals surface area contributed by atoms with Crippen LogP contribution in [0.2, 0.25) is 0 Å². The van der Waals surface area contributed by atoms with Crippen LogP contribution >= 0.6 is 37.9 Å². The van der Waals surface area contributed by atoms with Crippen LogP contribution < -0.4 is 75.3 Å². The maximum Gasteiger partial charge on any atom is 0.305 e. The molecule has 3 aromatic rings. The molecule has 33 nitrogen and oxygen atoms in total. The Morgan fingerprint density at radius 2 is 1.19 bits per heavy atom. The molecule has 4 rings (SSSR count). The van der Waals surface area contributed by atoms with Crippen molar-refractivity contribution in [3.63, 3.8) is 0 Å². The number of aromatic nitrogens is 1. The number of nitrogens with one attached hydrogen (secondary N) is 13. The van der Waals surface area contributed by atoms with Crippen LogP contribution in [0.3, 0.4) is 0 Å². The second-order valence-electron chi connectivity index (χ2n) is 23.8. The van der Waals surface area contributed by atoms with Gasteiger partial charge in [-0.2, -0.15) is 37.9 Å². The Bertz CT molecular complexity index is 3490. The van der Waals surface area contributed by atoms with Crippen molar-refractivity contribution >= 4 is 143 Å². The van der Waals surface area contributed by atoms with Gasteiger partial charge in [0, 0.05) is 67.0 Å². The fourth-order valence-corrected chi connectivity index (χ4v) is 10.9. The van der Waals surface area contributed by atoms with E-state index in [0.29, 0.717) is 22.0 Å². The third-order valence-corrected chi connectivity index (χ3v) is 16.4. The highest BCUT2D eigenvalue weighted by molar-refractivity contribution is 7.80. The average Bonchev–Trinajstić information content (AvgIpc) is 1.40. The zero-order valence-electron chi connectivity index (χ0n) is 54.9. The molecule has 19 N–H and O–H groups in total. The monoisotopic (exact) mass is 1460 g/mol. The van der Waals surface area contributed by atoms with E-state index in [1.165, 1.54) is 24.3 Å². The van der Waals surface area contributed by atoms with Gasteiger partial charge >= 0.3 is 11.9 Å². The van der Waals surface area contributed by atoms with Gasteiger partial charge in [0.25, 0.3) is 0 Å². The van der Waals surface area contributed by atoms with Crippen LogP contribution in [0.25, 0.3) is 10.9 Å². The SMILES string of the molecule is CC(=O)N[C@@H](CS)C(=O)N[C@@H](CCC(N)=O)C(=O)N[C@H]1CCC=CCC[C@@H](C(=O)NCC(=O)N[C@@H](Cc2ccc(F)cc2)C(=O)N[C@@H](CS)C(N)=O)NC(=O)[C@H](Cc2c[nH]c3ccccc23)NC(=O)[C@H](CS)NC(=O)[C@H](CC(=O)O)NC(=O)[C@H](CCC(=O)O)NC(=O)[C@H](CC(C)C)NC1=O. The molecule has 0 fully saturated rings. The van der Waals surface area contributed by atoms with E-state index in [4.69, 9.17) is 11.5 Å². The van der Waals surface area contributed by atoms with Gasteiger partial charge in [-0.15, -0.1) is 0 Å². The number of carboxylic acids is 2. The molecular formula is C63H86FN15O18S3. The maximum absolute atomic E-state index is 14.9. The van der Waals surface area contributed by atoms with E-state index in [9.17, 15) is 91.3 Å². The predicted molar refractivity (Wildman–Crippen MR) is 367 cm³/mol. The van der Waals surface area contributed by atoms with Crippen molar-refractivity contribution in [2.45, 2.75) is 164 Å². The summed E-state index contributed by atoms with van der Waals surface area (Å²) in [5.41, 5.74) is 12.3. The minimum Gasteiger partial charge on any atom is -0.481 e. The number of aromatic amines is 1. The van der Waals surface area contributed by atoms with Crippen molar-refractivity contribution in [3.8, 4) is 0 Å². The molecule has 11 atom stereocenters. The zero-order valence-corrected chi connectivity index (χ0v) is 57.6. The van der Waals surface area contributed by atoms with E-state index in [1.807, 2.05) is 0 Å². The molecule has 0 radical (unpaired) electrons. The minimum absolute atomic E-state index is 0.0983. The normalized spacial score (nSPS) is 20.4. The maximum atomic E-state index is 14.9. The molecule has 0 bridgehead atoms. The highest BCUT2D eigenvalue weighted by Gasteiger charge is 2.37. The first-order valence-corrected chi connectivity index (χ1v) is 33.6. The van der Waals surface area contributed by atoms with Crippen molar-refractivity contribution in [1.29, 1.82) is 0 Å². The van der Waals surface area contributed by atoms with Gasteiger partial charge in [-0.25, -0.2) is 4.39 Å². The summed E-state index contributed by atoms with van der Waals surface area (Å²) in [5.74, 6) is -19.4.